The Kier molecular flexibility index (Phi) is 5.52. The van der Waals surface area contributed by atoms with Gasteiger partial charge in [0.25, 0.3) is 0 Å². The molecule has 4 nitrogen and oxygen atoms in total. The van der Waals surface area contributed by atoms with Gasteiger partial charge in [0.1, 0.15) is 0 Å². The quantitative estimate of drug-likeness (QED) is 0.852. The Morgan fingerprint density at radius 2 is 1.78 bits per heavy atom. The monoisotopic (exact) mass is 311 g/mol. The first-order valence-corrected chi connectivity index (χ1v) is 7.62. The van der Waals surface area contributed by atoms with Crippen molar-refractivity contribution in [3.05, 3.63) is 65.2 Å². The number of hydrogen-bond donors (Lipinski definition) is 1. The van der Waals surface area contributed by atoms with Crippen molar-refractivity contribution in [3.8, 4) is 0 Å². The molecule has 0 aliphatic carbocycles. The normalized spacial score (nSPS) is 11.6. The van der Waals surface area contributed by atoms with E-state index in [-0.39, 0.29) is 11.8 Å². The van der Waals surface area contributed by atoms with E-state index >= 15 is 0 Å². The predicted octanol–water partition coefficient (Wildman–Crippen LogP) is 3.91. The molecule has 2 rings (SSSR count). The zero-order valence-corrected chi connectivity index (χ0v) is 13.6. The van der Waals surface area contributed by atoms with Crippen LogP contribution in [0.15, 0.2) is 48.5 Å². The highest BCUT2D eigenvalue weighted by atomic mass is 16.5. The van der Waals surface area contributed by atoms with Crippen molar-refractivity contribution < 1.29 is 14.3 Å². The molecular weight excluding hydrogens is 290 g/mol. The second-order valence-electron chi connectivity index (χ2n) is 5.33. The van der Waals surface area contributed by atoms with Crippen LogP contribution in [0, 0.1) is 6.92 Å². The van der Waals surface area contributed by atoms with Gasteiger partial charge in [0.15, 0.2) is 0 Å². The van der Waals surface area contributed by atoms with E-state index in [1.54, 1.807) is 25.1 Å². The molecule has 0 aliphatic heterocycles. The average molecular weight is 311 g/mol. The van der Waals surface area contributed by atoms with Crippen LogP contribution in [0.3, 0.4) is 0 Å². The van der Waals surface area contributed by atoms with Gasteiger partial charge in [0.05, 0.1) is 18.6 Å². The van der Waals surface area contributed by atoms with Gasteiger partial charge < -0.3 is 10.1 Å². The Labute approximate surface area is 136 Å². The highest BCUT2D eigenvalue weighted by molar-refractivity contribution is 5.99. The van der Waals surface area contributed by atoms with Crippen LogP contribution in [0.1, 0.15) is 40.7 Å². The zero-order valence-electron chi connectivity index (χ0n) is 13.6. The number of esters is 1. The van der Waals surface area contributed by atoms with Gasteiger partial charge in [0.2, 0.25) is 5.91 Å². The molecule has 2 aromatic carbocycles. The lowest BCUT2D eigenvalue weighted by Crippen LogP contribution is -2.21. The highest BCUT2D eigenvalue weighted by Gasteiger charge is 2.20. The Morgan fingerprint density at radius 3 is 2.39 bits per heavy atom. The Balaban J connectivity index is 2.24. The van der Waals surface area contributed by atoms with Gasteiger partial charge in [-0.25, -0.2) is 4.79 Å². The number of nitrogens with one attached hydrogen (secondary N) is 1. The van der Waals surface area contributed by atoms with Crippen molar-refractivity contribution in [1.29, 1.82) is 0 Å². The molecule has 0 heterocycles. The minimum atomic E-state index is -0.409. The van der Waals surface area contributed by atoms with E-state index in [9.17, 15) is 9.59 Å². The molecule has 0 aliphatic rings. The molecule has 0 bridgehead atoms. The van der Waals surface area contributed by atoms with Crippen LogP contribution in [0.2, 0.25) is 0 Å². The number of methoxy groups -OCH3 is 1. The first-order chi connectivity index (χ1) is 11.1. The molecule has 0 spiro atoms. The van der Waals surface area contributed by atoms with Gasteiger partial charge >= 0.3 is 5.97 Å². The molecule has 1 unspecified atom stereocenters. The molecular formula is C19H21NO3. The van der Waals surface area contributed by atoms with Crippen LogP contribution in [0.25, 0.3) is 0 Å². The van der Waals surface area contributed by atoms with Crippen LogP contribution < -0.4 is 5.32 Å². The van der Waals surface area contributed by atoms with E-state index in [0.29, 0.717) is 23.2 Å². The molecule has 0 aromatic heterocycles. The second kappa shape index (κ2) is 7.58. The molecule has 0 saturated heterocycles. The molecule has 120 valence electrons. The minimum Gasteiger partial charge on any atom is -0.465 e. The van der Waals surface area contributed by atoms with Crippen LogP contribution in [-0.2, 0) is 9.53 Å². The average Bonchev–Trinajstić information content (AvgIpc) is 2.57. The maximum Gasteiger partial charge on any atom is 0.338 e. The third-order valence-electron chi connectivity index (χ3n) is 3.92. The second-order valence-corrected chi connectivity index (χ2v) is 5.33. The van der Waals surface area contributed by atoms with Crippen molar-refractivity contribution in [3.63, 3.8) is 0 Å². The topological polar surface area (TPSA) is 55.4 Å². The molecule has 23 heavy (non-hydrogen) atoms. The first kappa shape index (κ1) is 16.7. The maximum absolute atomic E-state index is 12.6. The van der Waals surface area contributed by atoms with Crippen molar-refractivity contribution in [2.75, 3.05) is 12.4 Å². The van der Waals surface area contributed by atoms with E-state index in [1.807, 2.05) is 37.3 Å². The van der Waals surface area contributed by atoms with Gasteiger partial charge in [0, 0.05) is 5.69 Å². The Bertz CT molecular complexity index is 695. The third kappa shape index (κ3) is 3.77. The fourth-order valence-electron chi connectivity index (χ4n) is 2.58. The van der Waals surface area contributed by atoms with E-state index < -0.39 is 5.97 Å². The zero-order chi connectivity index (χ0) is 16.8. The summed E-state index contributed by atoms with van der Waals surface area (Å²) in [5.41, 5.74) is 2.77. The van der Waals surface area contributed by atoms with Crippen LogP contribution in [0.4, 0.5) is 5.69 Å². The predicted molar refractivity (Wildman–Crippen MR) is 90.6 cm³/mol. The van der Waals surface area contributed by atoms with Gasteiger partial charge in [-0.2, -0.15) is 0 Å². The summed E-state index contributed by atoms with van der Waals surface area (Å²) in [6, 6.07) is 14.9. The number of amides is 1. The number of ether oxygens (including phenoxy) is 1. The molecule has 0 fully saturated rings. The van der Waals surface area contributed by atoms with E-state index in [0.717, 1.165) is 5.56 Å². The molecule has 1 N–H and O–H groups in total. The molecule has 1 atom stereocenters. The van der Waals surface area contributed by atoms with Crippen LogP contribution >= 0.6 is 0 Å². The summed E-state index contributed by atoms with van der Waals surface area (Å²) in [5, 5.41) is 2.93. The standard InChI is InChI=1S/C19H21NO3/c1-4-15(14-9-6-5-7-10-14)18(21)20-17-12-8-11-16(13(17)2)19(22)23-3/h5-12,15H,4H2,1-3H3,(H,20,21). The third-order valence-corrected chi connectivity index (χ3v) is 3.92. The summed E-state index contributed by atoms with van der Waals surface area (Å²) in [6.45, 7) is 3.78. The summed E-state index contributed by atoms with van der Waals surface area (Å²) in [4.78, 5) is 24.4. The summed E-state index contributed by atoms with van der Waals surface area (Å²) in [5.74, 6) is -0.713. The number of hydrogen-bond acceptors (Lipinski definition) is 3. The SMILES string of the molecule is CCC(C(=O)Nc1cccc(C(=O)OC)c1C)c1ccccc1. The molecule has 2 aromatic rings. The molecule has 0 saturated carbocycles. The van der Waals surface area contributed by atoms with Crippen molar-refractivity contribution >= 4 is 17.6 Å². The maximum atomic E-state index is 12.6. The first-order valence-electron chi connectivity index (χ1n) is 7.62. The number of benzene rings is 2. The number of carbonyl (C=O) groups excluding carboxylic acids is 2. The fourth-order valence-corrected chi connectivity index (χ4v) is 2.58. The van der Waals surface area contributed by atoms with Gasteiger partial charge in [-0.05, 0) is 36.6 Å². The number of anilines is 1. The molecule has 0 radical (unpaired) electrons. The van der Waals surface area contributed by atoms with Crippen LogP contribution in [-0.4, -0.2) is 19.0 Å². The number of carbonyl (C=O) groups is 2. The lowest BCUT2D eigenvalue weighted by Gasteiger charge is -2.17. The van der Waals surface area contributed by atoms with E-state index in [4.69, 9.17) is 4.74 Å². The Morgan fingerprint density at radius 1 is 1.09 bits per heavy atom. The van der Waals surface area contributed by atoms with Gasteiger partial charge in [-0.1, -0.05) is 43.3 Å². The van der Waals surface area contributed by atoms with Crippen molar-refractivity contribution in [2.45, 2.75) is 26.2 Å². The van der Waals surface area contributed by atoms with Crippen molar-refractivity contribution in [1.82, 2.24) is 0 Å². The number of rotatable bonds is 5. The van der Waals surface area contributed by atoms with E-state index in [1.165, 1.54) is 7.11 Å². The lowest BCUT2D eigenvalue weighted by atomic mass is 9.95. The largest absolute Gasteiger partial charge is 0.465 e. The fraction of sp³-hybridized carbons (Fsp3) is 0.263. The smallest absolute Gasteiger partial charge is 0.338 e. The lowest BCUT2D eigenvalue weighted by molar-refractivity contribution is -0.117. The van der Waals surface area contributed by atoms with Crippen LogP contribution in [0.5, 0.6) is 0 Å². The van der Waals surface area contributed by atoms with Gasteiger partial charge in [-0.3, -0.25) is 4.79 Å². The van der Waals surface area contributed by atoms with Crippen molar-refractivity contribution in [2.24, 2.45) is 0 Å². The Hall–Kier alpha value is -2.62. The summed E-state index contributed by atoms with van der Waals surface area (Å²) in [7, 11) is 1.34. The van der Waals surface area contributed by atoms with E-state index in [2.05, 4.69) is 5.32 Å². The van der Waals surface area contributed by atoms with Gasteiger partial charge in [-0.15, -0.1) is 0 Å². The minimum absolute atomic E-state index is 0.0798. The highest BCUT2D eigenvalue weighted by Crippen LogP contribution is 2.24. The summed E-state index contributed by atoms with van der Waals surface area (Å²) >= 11 is 0. The summed E-state index contributed by atoms with van der Waals surface area (Å²) < 4.78 is 4.76. The molecule has 4 heteroatoms. The summed E-state index contributed by atoms with van der Waals surface area (Å²) in [6.07, 6.45) is 0.700. The molecule has 1 amide bonds.